The molecule has 1 aromatic rings. The molecule has 118 valence electrons. The molecule has 0 bridgehead atoms. The van der Waals surface area contributed by atoms with Crippen molar-refractivity contribution in [2.45, 2.75) is 30.0 Å². The van der Waals surface area contributed by atoms with Crippen LogP contribution in [0.3, 0.4) is 0 Å². The van der Waals surface area contributed by atoms with Crippen LogP contribution in [0.1, 0.15) is 18.4 Å². The Labute approximate surface area is 129 Å². The van der Waals surface area contributed by atoms with E-state index in [2.05, 4.69) is 0 Å². The van der Waals surface area contributed by atoms with Crippen LogP contribution in [0.5, 0.6) is 0 Å². The van der Waals surface area contributed by atoms with Gasteiger partial charge in [-0.2, -0.15) is 4.31 Å². The number of rotatable bonds is 5. The van der Waals surface area contributed by atoms with Gasteiger partial charge in [0.1, 0.15) is 4.21 Å². The van der Waals surface area contributed by atoms with E-state index in [0.717, 1.165) is 5.56 Å². The highest BCUT2D eigenvalue weighted by Crippen LogP contribution is 2.28. The number of nitrogens with zero attached hydrogens (tertiary/aromatic N) is 2. The van der Waals surface area contributed by atoms with Crippen molar-refractivity contribution in [2.75, 3.05) is 26.7 Å². The zero-order valence-corrected chi connectivity index (χ0v) is 13.8. The number of piperidine rings is 1. The molecule has 2 rings (SSSR count). The molecule has 1 aromatic heterocycles. The van der Waals surface area contributed by atoms with Crippen molar-refractivity contribution in [3.8, 4) is 0 Å². The number of hydrogen-bond acceptors (Lipinski definition) is 5. The van der Waals surface area contributed by atoms with Crippen LogP contribution in [-0.2, 0) is 14.8 Å². The van der Waals surface area contributed by atoms with Gasteiger partial charge in [0.2, 0.25) is 0 Å². The minimum atomic E-state index is -3.40. The van der Waals surface area contributed by atoms with Crippen LogP contribution >= 0.6 is 11.3 Å². The number of hydrogen-bond donors (Lipinski definition) is 1. The molecule has 1 aliphatic rings. The first-order valence-electron chi connectivity index (χ1n) is 6.78. The van der Waals surface area contributed by atoms with Crippen molar-refractivity contribution in [1.82, 2.24) is 9.21 Å². The van der Waals surface area contributed by atoms with E-state index in [4.69, 9.17) is 5.11 Å². The number of aryl methyl sites for hydroxylation is 1. The second-order valence-electron chi connectivity index (χ2n) is 5.34. The Hall–Kier alpha value is -0.960. The summed E-state index contributed by atoms with van der Waals surface area (Å²) in [5.74, 6) is -0.859. The Morgan fingerprint density at radius 2 is 2.10 bits per heavy atom. The van der Waals surface area contributed by atoms with Crippen molar-refractivity contribution in [3.05, 3.63) is 17.0 Å². The molecule has 0 saturated carbocycles. The third-order valence-electron chi connectivity index (χ3n) is 3.82. The monoisotopic (exact) mass is 332 g/mol. The minimum absolute atomic E-state index is 0.0125. The van der Waals surface area contributed by atoms with Gasteiger partial charge >= 0.3 is 5.97 Å². The van der Waals surface area contributed by atoms with Crippen LogP contribution in [0.2, 0.25) is 0 Å². The largest absolute Gasteiger partial charge is 0.480 e. The summed E-state index contributed by atoms with van der Waals surface area (Å²) in [5.41, 5.74) is 0.783. The molecule has 1 saturated heterocycles. The van der Waals surface area contributed by atoms with Crippen LogP contribution in [0, 0.1) is 6.92 Å². The Kier molecular flexibility index (Phi) is 5.03. The second kappa shape index (κ2) is 6.43. The first-order valence-corrected chi connectivity index (χ1v) is 9.10. The lowest BCUT2D eigenvalue weighted by Gasteiger charge is -2.35. The summed E-state index contributed by atoms with van der Waals surface area (Å²) in [4.78, 5) is 12.5. The van der Waals surface area contributed by atoms with Gasteiger partial charge in [-0.3, -0.25) is 9.69 Å². The van der Waals surface area contributed by atoms with Gasteiger partial charge in [-0.25, -0.2) is 8.42 Å². The molecule has 1 N–H and O–H groups in total. The molecule has 0 radical (unpaired) electrons. The smallest absolute Gasteiger partial charge is 0.317 e. The number of carboxylic acid groups (broad SMARTS) is 1. The second-order valence-corrected chi connectivity index (χ2v) is 8.38. The highest BCUT2D eigenvalue weighted by atomic mass is 32.2. The third-order valence-corrected chi connectivity index (χ3v) is 7.39. The fourth-order valence-corrected chi connectivity index (χ4v) is 5.63. The minimum Gasteiger partial charge on any atom is -0.480 e. The first kappa shape index (κ1) is 16.4. The van der Waals surface area contributed by atoms with Gasteiger partial charge in [0.05, 0.1) is 6.54 Å². The van der Waals surface area contributed by atoms with Crippen LogP contribution in [0.4, 0.5) is 0 Å². The summed E-state index contributed by atoms with van der Waals surface area (Å²) in [6.45, 7) is 2.67. The zero-order valence-electron chi connectivity index (χ0n) is 12.2. The highest BCUT2D eigenvalue weighted by molar-refractivity contribution is 7.91. The number of carboxylic acids is 1. The molecule has 0 aromatic carbocycles. The summed E-state index contributed by atoms with van der Waals surface area (Å²) in [6, 6.07) is 1.93. The summed E-state index contributed by atoms with van der Waals surface area (Å²) < 4.78 is 27.0. The molecule has 21 heavy (non-hydrogen) atoms. The van der Waals surface area contributed by atoms with E-state index in [1.807, 2.05) is 6.07 Å². The number of sulfonamides is 1. The van der Waals surface area contributed by atoms with Gasteiger partial charge in [-0.15, -0.1) is 11.3 Å². The van der Waals surface area contributed by atoms with E-state index < -0.39 is 16.0 Å². The molecule has 6 nitrogen and oxygen atoms in total. The number of carbonyl (C=O) groups is 1. The van der Waals surface area contributed by atoms with E-state index in [1.54, 1.807) is 24.3 Å². The van der Waals surface area contributed by atoms with Crippen molar-refractivity contribution >= 4 is 27.3 Å². The fourth-order valence-electron chi connectivity index (χ4n) is 2.61. The Morgan fingerprint density at radius 1 is 1.48 bits per heavy atom. The average Bonchev–Trinajstić information content (AvgIpc) is 2.85. The molecular weight excluding hydrogens is 312 g/mol. The molecule has 0 atom stereocenters. The van der Waals surface area contributed by atoms with Gasteiger partial charge in [0.15, 0.2) is 0 Å². The third kappa shape index (κ3) is 3.63. The molecule has 0 amide bonds. The molecule has 2 heterocycles. The average molecular weight is 332 g/mol. The van der Waals surface area contributed by atoms with Gasteiger partial charge in [0.25, 0.3) is 10.0 Å². The van der Waals surface area contributed by atoms with Crippen molar-refractivity contribution in [1.29, 1.82) is 0 Å². The number of aliphatic carboxylic acids is 1. The van der Waals surface area contributed by atoms with Gasteiger partial charge in [-0.1, -0.05) is 0 Å². The quantitative estimate of drug-likeness (QED) is 0.877. The number of likely N-dealkylation sites (N-methyl/N-ethyl adjacent to an activating group) is 1. The highest BCUT2D eigenvalue weighted by Gasteiger charge is 2.32. The summed E-state index contributed by atoms with van der Waals surface area (Å²) in [7, 11) is -1.63. The summed E-state index contributed by atoms with van der Waals surface area (Å²) >= 11 is 1.25. The Balaban J connectivity index is 2.01. The molecule has 1 aliphatic heterocycles. The SMILES string of the molecule is Cc1ccsc1S(=O)(=O)N1CCC(N(C)CC(=O)O)CC1. The maximum absolute atomic E-state index is 12.6. The van der Waals surface area contributed by atoms with Crippen molar-refractivity contribution < 1.29 is 18.3 Å². The van der Waals surface area contributed by atoms with Gasteiger partial charge < -0.3 is 5.11 Å². The van der Waals surface area contributed by atoms with Crippen molar-refractivity contribution in [3.63, 3.8) is 0 Å². The Bertz CT molecular complexity index is 603. The van der Waals surface area contributed by atoms with Crippen LogP contribution in [0.25, 0.3) is 0 Å². The molecule has 8 heteroatoms. The van der Waals surface area contributed by atoms with E-state index >= 15 is 0 Å². The Morgan fingerprint density at radius 3 is 2.57 bits per heavy atom. The lowest BCUT2D eigenvalue weighted by atomic mass is 10.1. The van der Waals surface area contributed by atoms with Crippen molar-refractivity contribution in [2.24, 2.45) is 0 Å². The molecule has 0 unspecified atom stereocenters. The lowest BCUT2D eigenvalue weighted by Crippen LogP contribution is -2.46. The van der Waals surface area contributed by atoms with E-state index in [9.17, 15) is 13.2 Å². The van der Waals surface area contributed by atoms with E-state index in [-0.39, 0.29) is 12.6 Å². The molecule has 0 aliphatic carbocycles. The zero-order chi connectivity index (χ0) is 15.6. The van der Waals surface area contributed by atoms with Crippen LogP contribution in [0.15, 0.2) is 15.7 Å². The summed E-state index contributed by atoms with van der Waals surface area (Å²) in [5, 5.41) is 10.6. The molecule has 0 spiro atoms. The maximum Gasteiger partial charge on any atom is 0.317 e. The fraction of sp³-hybridized carbons (Fsp3) is 0.615. The van der Waals surface area contributed by atoms with E-state index in [1.165, 1.54) is 15.6 Å². The van der Waals surface area contributed by atoms with E-state index in [0.29, 0.717) is 30.1 Å². The summed E-state index contributed by atoms with van der Waals surface area (Å²) in [6.07, 6.45) is 1.32. The van der Waals surface area contributed by atoms with Gasteiger partial charge in [0, 0.05) is 19.1 Å². The predicted octanol–water partition coefficient (Wildman–Crippen LogP) is 1.23. The standard InChI is InChI=1S/C13H20N2O4S2/c1-10-5-8-20-13(10)21(18,19)15-6-3-11(4-7-15)14(2)9-12(16)17/h5,8,11H,3-4,6-7,9H2,1-2H3,(H,16,17). The lowest BCUT2D eigenvalue weighted by molar-refractivity contribution is -0.138. The molecule has 1 fully saturated rings. The van der Waals surface area contributed by atoms with Crippen LogP contribution < -0.4 is 0 Å². The van der Waals surface area contributed by atoms with Gasteiger partial charge in [-0.05, 0) is 43.8 Å². The topological polar surface area (TPSA) is 77.9 Å². The first-order chi connectivity index (χ1) is 9.82. The maximum atomic E-state index is 12.6. The normalized spacial score (nSPS) is 18.2. The number of thiophene rings is 1. The predicted molar refractivity (Wildman–Crippen MR) is 81.1 cm³/mol. The van der Waals surface area contributed by atoms with Crippen LogP contribution in [-0.4, -0.2) is 61.4 Å². The molecular formula is C13H20N2O4S2.